The molecular formula is C8H12N2O3S. The van der Waals surface area contributed by atoms with Gasteiger partial charge in [-0.1, -0.05) is 0 Å². The lowest BCUT2D eigenvalue weighted by Gasteiger charge is -2.03. The molecule has 1 rings (SSSR count). The van der Waals surface area contributed by atoms with Crippen LogP contribution in [0, 0.1) is 0 Å². The Kier molecular flexibility index (Phi) is 3.45. The zero-order valence-corrected chi connectivity index (χ0v) is 8.33. The maximum absolute atomic E-state index is 11.4. The van der Waals surface area contributed by atoms with Crippen molar-refractivity contribution in [2.45, 2.75) is 4.90 Å². The molecule has 0 aliphatic heterocycles. The number of hydrogen-bond acceptors (Lipinski definition) is 5. The molecule has 0 radical (unpaired) electrons. The van der Waals surface area contributed by atoms with Gasteiger partial charge < -0.3 is 11.5 Å². The Morgan fingerprint density at radius 2 is 1.79 bits per heavy atom. The van der Waals surface area contributed by atoms with Gasteiger partial charge in [-0.05, 0) is 24.3 Å². The van der Waals surface area contributed by atoms with E-state index in [0.29, 0.717) is 5.69 Å². The van der Waals surface area contributed by atoms with Crippen molar-refractivity contribution in [1.29, 1.82) is 0 Å². The zero-order valence-electron chi connectivity index (χ0n) is 7.51. The van der Waals surface area contributed by atoms with E-state index < -0.39 is 10.1 Å². The van der Waals surface area contributed by atoms with Crippen molar-refractivity contribution < 1.29 is 12.6 Å². The Morgan fingerprint density at radius 3 is 2.29 bits per heavy atom. The van der Waals surface area contributed by atoms with E-state index in [-0.39, 0.29) is 18.0 Å². The van der Waals surface area contributed by atoms with Crippen LogP contribution in [0.5, 0.6) is 0 Å². The van der Waals surface area contributed by atoms with E-state index in [4.69, 9.17) is 11.5 Å². The van der Waals surface area contributed by atoms with Gasteiger partial charge in [0.1, 0.15) is 0 Å². The normalized spacial score (nSPS) is 11.5. The van der Waals surface area contributed by atoms with E-state index in [1.807, 2.05) is 0 Å². The summed E-state index contributed by atoms with van der Waals surface area (Å²) in [6.07, 6.45) is 0. The molecule has 78 valence electrons. The molecule has 0 bridgehead atoms. The predicted octanol–water partition coefficient (Wildman–Crippen LogP) is -0.0672. The molecular weight excluding hydrogens is 204 g/mol. The Hall–Kier alpha value is -1.11. The molecule has 1 aromatic rings. The van der Waals surface area contributed by atoms with E-state index in [0.717, 1.165) is 0 Å². The summed E-state index contributed by atoms with van der Waals surface area (Å²) < 4.78 is 27.4. The zero-order chi connectivity index (χ0) is 10.6. The first kappa shape index (κ1) is 11.0. The molecule has 0 saturated heterocycles. The van der Waals surface area contributed by atoms with Crippen molar-refractivity contribution in [3.63, 3.8) is 0 Å². The number of rotatable bonds is 4. The maximum atomic E-state index is 11.4. The second-order valence-corrected chi connectivity index (χ2v) is 4.25. The summed E-state index contributed by atoms with van der Waals surface area (Å²) in [5.74, 6) is 0. The van der Waals surface area contributed by atoms with Gasteiger partial charge in [0.25, 0.3) is 10.1 Å². The van der Waals surface area contributed by atoms with Crippen LogP contribution in [0.3, 0.4) is 0 Å². The molecule has 0 saturated carbocycles. The van der Waals surface area contributed by atoms with E-state index in [2.05, 4.69) is 4.18 Å². The van der Waals surface area contributed by atoms with Gasteiger partial charge in [-0.15, -0.1) is 0 Å². The fourth-order valence-corrected chi connectivity index (χ4v) is 1.78. The summed E-state index contributed by atoms with van der Waals surface area (Å²) in [5, 5.41) is 0. The Balaban J connectivity index is 2.87. The van der Waals surface area contributed by atoms with Crippen LogP contribution in [0.1, 0.15) is 0 Å². The summed E-state index contributed by atoms with van der Waals surface area (Å²) in [4.78, 5) is 0.0835. The van der Waals surface area contributed by atoms with Crippen molar-refractivity contribution >= 4 is 15.8 Å². The van der Waals surface area contributed by atoms with E-state index in [1.54, 1.807) is 0 Å². The van der Waals surface area contributed by atoms with E-state index >= 15 is 0 Å². The van der Waals surface area contributed by atoms with E-state index in [1.165, 1.54) is 24.3 Å². The summed E-state index contributed by atoms with van der Waals surface area (Å²) in [6, 6.07) is 5.78. The molecule has 0 aliphatic rings. The molecule has 0 spiro atoms. The van der Waals surface area contributed by atoms with Crippen LogP contribution in [0.2, 0.25) is 0 Å². The van der Waals surface area contributed by atoms with Gasteiger partial charge in [0.05, 0.1) is 11.5 Å². The smallest absolute Gasteiger partial charge is 0.297 e. The average Bonchev–Trinajstić information content (AvgIpc) is 2.16. The predicted molar refractivity (Wildman–Crippen MR) is 53.0 cm³/mol. The lowest BCUT2D eigenvalue weighted by molar-refractivity contribution is 0.327. The monoisotopic (exact) mass is 216 g/mol. The quantitative estimate of drug-likeness (QED) is 0.542. The summed E-state index contributed by atoms with van der Waals surface area (Å²) in [5.41, 5.74) is 11.0. The molecule has 6 heteroatoms. The summed E-state index contributed by atoms with van der Waals surface area (Å²) >= 11 is 0. The SMILES string of the molecule is NCCOS(=O)(=O)c1ccc(N)cc1. The molecule has 5 nitrogen and oxygen atoms in total. The largest absolute Gasteiger partial charge is 0.399 e. The van der Waals surface area contributed by atoms with Gasteiger partial charge >= 0.3 is 0 Å². The van der Waals surface area contributed by atoms with Gasteiger partial charge in [-0.2, -0.15) is 8.42 Å². The number of hydrogen-bond donors (Lipinski definition) is 2. The van der Waals surface area contributed by atoms with Crippen LogP contribution < -0.4 is 11.5 Å². The van der Waals surface area contributed by atoms with Crippen LogP contribution in [0.4, 0.5) is 5.69 Å². The molecule has 0 heterocycles. The minimum Gasteiger partial charge on any atom is -0.399 e. The third-order valence-electron chi connectivity index (χ3n) is 1.53. The second-order valence-electron chi connectivity index (χ2n) is 2.63. The Bertz CT molecular complexity index is 386. The molecule has 4 N–H and O–H groups in total. The van der Waals surface area contributed by atoms with Gasteiger partial charge in [0, 0.05) is 12.2 Å². The van der Waals surface area contributed by atoms with Gasteiger partial charge in [-0.3, -0.25) is 4.18 Å². The fourth-order valence-electron chi connectivity index (χ4n) is 0.860. The highest BCUT2D eigenvalue weighted by Gasteiger charge is 2.13. The Morgan fingerprint density at radius 1 is 1.21 bits per heavy atom. The van der Waals surface area contributed by atoms with Gasteiger partial charge in [0.15, 0.2) is 0 Å². The lowest BCUT2D eigenvalue weighted by atomic mass is 10.3. The number of anilines is 1. The number of benzene rings is 1. The first-order chi connectivity index (χ1) is 6.56. The Labute approximate surface area is 82.8 Å². The van der Waals surface area contributed by atoms with Gasteiger partial charge in [0.2, 0.25) is 0 Å². The first-order valence-corrected chi connectivity index (χ1v) is 5.42. The van der Waals surface area contributed by atoms with Crippen molar-refractivity contribution in [1.82, 2.24) is 0 Å². The number of nitrogens with two attached hydrogens (primary N) is 2. The molecule has 0 unspecified atom stereocenters. The molecule has 0 atom stereocenters. The lowest BCUT2D eigenvalue weighted by Crippen LogP contribution is -2.14. The third kappa shape index (κ3) is 2.69. The van der Waals surface area contributed by atoms with Crippen molar-refractivity contribution in [2.24, 2.45) is 5.73 Å². The molecule has 14 heavy (non-hydrogen) atoms. The average molecular weight is 216 g/mol. The minimum atomic E-state index is -3.67. The van der Waals surface area contributed by atoms with Crippen LogP contribution in [-0.4, -0.2) is 21.6 Å². The van der Waals surface area contributed by atoms with Crippen molar-refractivity contribution in [3.8, 4) is 0 Å². The maximum Gasteiger partial charge on any atom is 0.297 e. The van der Waals surface area contributed by atoms with Crippen LogP contribution in [0.25, 0.3) is 0 Å². The van der Waals surface area contributed by atoms with Crippen LogP contribution in [-0.2, 0) is 14.3 Å². The van der Waals surface area contributed by atoms with Gasteiger partial charge in [-0.25, -0.2) is 0 Å². The second kappa shape index (κ2) is 4.41. The summed E-state index contributed by atoms with van der Waals surface area (Å²) in [6.45, 7) is 0.140. The van der Waals surface area contributed by atoms with E-state index in [9.17, 15) is 8.42 Å². The van der Waals surface area contributed by atoms with Crippen LogP contribution in [0.15, 0.2) is 29.2 Å². The topological polar surface area (TPSA) is 95.4 Å². The molecule has 1 aromatic carbocycles. The molecule has 0 fully saturated rings. The van der Waals surface area contributed by atoms with Crippen LogP contribution >= 0.6 is 0 Å². The number of nitrogen functional groups attached to an aromatic ring is 1. The molecule has 0 amide bonds. The highest BCUT2D eigenvalue weighted by molar-refractivity contribution is 7.86. The highest BCUT2D eigenvalue weighted by Crippen LogP contribution is 2.13. The third-order valence-corrected chi connectivity index (χ3v) is 2.85. The van der Waals surface area contributed by atoms with Crippen molar-refractivity contribution in [3.05, 3.63) is 24.3 Å². The highest BCUT2D eigenvalue weighted by atomic mass is 32.2. The molecule has 0 aliphatic carbocycles. The fraction of sp³-hybridized carbons (Fsp3) is 0.250. The standard InChI is InChI=1S/C8H12N2O3S/c9-5-6-13-14(11,12)8-3-1-7(10)2-4-8/h1-4H,5-6,9-10H2. The van der Waals surface area contributed by atoms with Crippen molar-refractivity contribution in [2.75, 3.05) is 18.9 Å². The summed E-state index contributed by atoms with van der Waals surface area (Å²) in [7, 11) is -3.67. The minimum absolute atomic E-state index is 0.0211. The first-order valence-electron chi connectivity index (χ1n) is 4.01. The molecule has 0 aromatic heterocycles.